The number of rotatable bonds is 3. The van der Waals surface area contributed by atoms with Crippen LogP contribution in [0.3, 0.4) is 0 Å². The summed E-state index contributed by atoms with van der Waals surface area (Å²) in [6, 6.07) is 7.05. The number of ether oxygens (including phenoxy) is 1. The first kappa shape index (κ1) is 9.64. The molecule has 0 atom stereocenters. The molecule has 4 heteroatoms. The minimum atomic E-state index is -0.204. The highest BCUT2D eigenvalue weighted by molar-refractivity contribution is 6.22. The molecule has 13 heavy (non-hydrogen) atoms. The maximum atomic E-state index is 10.9. The van der Waals surface area contributed by atoms with E-state index < -0.39 is 0 Å². The first-order valence-electron chi connectivity index (χ1n) is 3.90. The van der Waals surface area contributed by atoms with Crippen LogP contribution >= 0.6 is 0 Å². The van der Waals surface area contributed by atoms with Gasteiger partial charge >= 0.3 is 0 Å². The van der Waals surface area contributed by atoms with Gasteiger partial charge in [-0.1, -0.05) is 0 Å². The SMILES string of the molecule is [B]CC(=O)Nc1ccc(OC)cc1. The van der Waals surface area contributed by atoms with Crippen LogP contribution in [0.25, 0.3) is 0 Å². The fourth-order valence-electron chi connectivity index (χ4n) is 0.886. The Kier molecular flexibility index (Phi) is 3.37. The molecule has 0 aliphatic rings. The number of carbonyl (C=O) groups is 1. The molecule has 0 saturated carbocycles. The number of nitrogens with one attached hydrogen (secondary N) is 1. The second-order valence-electron chi connectivity index (χ2n) is 2.48. The smallest absolute Gasteiger partial charge is 0.215 e. The first-order valence-corrected chi connectivity index (χ1v) is 3.90. The molecule has 1 aromatic carbocycles. The molecule has 0 bridgehead atoms. The van der Waals surface area contributed by atoms with E-state index in [0.717, 1.165) is 11.4 Å². The molecule has 0 unspecified atom stereocenters. The van der Waals surface area contributed by atoms with Gasteiger partial charge in [0.15, 0.2) is 0 Å². The van der Waals surface area contributed by atoms with Crippen molar-refractivity contribution in [3.63, 3.8) is 0 Å². The Labute approximate surface area is 78.5 Å². The van der Waals surface area contributed by atoms with E-state index in [1.54, 1.807) is 31.4 Å². The minimum Gasteiger partial charge on any atom is -0.497 e. The summed E-state index contributed by atoms with van der Waals surface area (Å²) in [4.78, 5) is 10.9. The lowest BCUT2D eigenvalue weighted by Crippen LogP contribution is -2.09. The first-order chi connectivity index (χ1) is 6.26. The van der Waals surface area contributed by atoms with Crippen LogP contribution < -0.4 is 10.1 Å². The van der Waals surface area contributed by atoms with E-state index in [4.69, 9.17) is 12.6 Å². The van der Waals surface area contributed by atoms with Gasteiger partial charge in [0.25, 0.3) is 0 Å². The third-order valence-electron chi connectivity index (χ3n) is 1.56. The van der Waals surface area contributed by atoms with Gasteiger partial charge in [0, 0.05) is 5.69 Å². The fraction of sp³-hybridized carbons (Fsp3) is 0.222. The maximum Gasteiger partial charge on any atom is 0.215 e. The van der Waals surface area contributed by atoms with E-state index in [-0.39, 0.29) is 12.2 Å². The summed E-state index contributed by atoms with van der Waals surface area (Å²) in [5, 5.41) is 2.62. The zero-order valence-electron chi connectivity index (χ0n) is 7.41. The predicted molar refractivity (Wildman–Crippen MR) is 52.2 cm³/mol. The van der Waals surface area contributed by atoms with Gasteiger partial charge in [-0.2, -0.15) is 0 Å². The topological polar surface area (TPSA) is 38.3 Å². The van der Waals surface area contributed by atoms with Crippen LogP contribution in [-0.4, -0.2) is 20.9 Å². The van der Waals surface area contributed by atoms with Crippen molar-refractivity contribution in [3.8, 4) is 5.75 Å². The van der Waals surface area contributed by atoms with Crippen molar-refractivity contribution < 1.29 is 9.53 Å². The summed E-state index contributed by atoms with van der Waals surface area (Å²) < 4.78 is 4.96. The summed E-state index contributed by atoms with van der Waals surface area (Å²) >= 11 is 0. The van der Waals surface area contributed by atoms with Gasteiger partial charge in [0.2, 0.25) is 5.91 Å². The van der Waals surface area contributed by atoms with E-state index in [0.29, 0.717) is 0 Å². The standard InChI is InChI=1S/C9H10BNO2/c1-13-8-4-2-7(3-5-8)11-9(12)6-10/h2-5H,6H2,1H3,(H,11,12). The van der Waals surface area contributed by atoms with Crippen LogP contribution in [0.4, 0.5) is 5.69 Å². The molecule has 1 amide bonds. The van der Waals surface area contributed by atoms with E-state index in [1.165, 1.54) is 0 Å². The Morgan fingerprint density at radius 1 is 1.46 bits per heavy atom. The van der Waals surface area contributed by atoms with Crippen LogP contribution in [-0.2, 0) is 4.79 Å². The highest BCUT2D eigenvalue weighted by atomic mass is 16.5. The number of methoxy groups -OCH3 is 1. The molecule has 2 radical (unpaired) electrons. The molecule has 0 fully saturated rings. The summed E-state index contributed by atoms with van der Waals surface area (Å²) in [5.74, 6) is 0.552. The lowest BCUT2D eigenvalue weighted by atomic mass is 10.1. The highest BCUT2D eigenvalue weighted by Crippen LogP contribution is 2.14. The molecule has 0 aliphatic heterocycles. The fourth-order valence-corrected chi connectivity index (χ4v) is 0.886. The third kappa shape index (κ3) is 2.82. The van der Waals surface area contributed by atoms with Crippen molar-refractivity contribution in [2.75, 3.05) is 12.4 Å². The molecular formula is C9H10BNO2. The lowest BCUT2D eigenvalue weighted by molar-refractivity contribution is -0.114. The number of carbonyl (C=O) groups excluding carboxylic acids is 1. The zero-order valence-corrected chi connectivity index (χ0v) is 7.41. The minimum absolute atomic E-state index is 0.00791. The normalized spacial score (nSPS) is 9.31. The quantitative estimate of drug-likeness (QED) is 0.701. The van der Waals surface area contributed by atoms with Crippen LogP contribution in [0.15, 0.2) is 24.3 Å². The summed E-state index contributed by atoms with van der Waals surface area (Å²) in [6.07, 6.45) is -0.00791. The molecular weight excluding hydrogens is 165 g/mol. The Morgan fingerprint density at radius 2 is 2.08 bits per heavy atom. The van der Waals surface area contributed by atoms with E-state index in [2.05, 4.69) is 5.32 Å². The van der Waals surface area contributed by atoms with E-state index in [9.17, 15) is 4.79 Å². The van der Waals surface area contributed by atoms with Gasteiger partial charge in [-0.15, -0.1) is 0 Å². The van der Waals surface area contributed by atoms with Gasteiger partial charge < -0.3 is 10.1 Å². The molecule has 0 spiro atoms. The third-order valence-corrected chi connectivity index (χ3v) is 1.56. The molecule has 0 saturated heterocycles. The molecule has 1 rings (SSSR count). The van der Waals surface area contributed by atoms with Crippen LogP contribution in [0.2, 0.25) is 6.32 Å². The number of anilines is 1. The van der Waals surface area contributed by atoms with E-state index in [1.807, 2.05) is 0 Å². The highest BCUT2D eigenvalue weighted by Gasteiger charge is 1.97. The van der Waals surface area contributed by atoms with Crippen molar-refractivity contribution in [2.24, 2.45) is 0 Å². The van der Waals surface area contributed by atoms with Crippen LogP contribution in [0.5, 0.6) is 5.75 Å². The number of benzene rings is 1. The Bertz CT molecular complexity index is 284. The Hall–Kier alpha value is -1.45. The second-order valence-corrected chi connectivity index (χ2v) is 2.48. The van der Waals surface area contributed by atoms with Gasteiger partial charge in [-0.3, -0.25) is 4.79 Å². The Morgan fingerprint density at radius 3 is 2.54 bits per heavy atom. The van der Waals surface area contributed by atoms with Crippen molar-refractivity contribution in [2.45, 2.75) is 6.32 Å². The van der Waals surface area contributed by atoms with Crippen LogP contribution in [0.1, 0.15) is 0 Å². The van der Waals surface area contributed by atoms with Crippen molar-refractivity contribution in [3.05, 3.63) is 24.3 Å². The predicted octanol–water partition coefficient (Wildman–Crippen LogP) is 1.22. The van der Waals surface area contributed by atoms with Gasteiger partial charge in [0.1, 0.15) is 5.75 Å². The molecule has 1 aromatic rings. The lowest BCUT2D eigenvalue weighted by Gasteiger charge is -2.04. The number of amides is 1. The van der Waals surface area contributed by atoms with Crippen molar-refractivity contribution in [1.82, 2.24) is 0 Å². The zero-order chi connectivity index (χ0) is 9.68. The van der Waals surface area contributed by atoms with Crippen molar-refractivity contribution in [1.29, 1.82) is 0 Å². The second kappa shape index (κ2) is 4.55. The molecule has 0 aromatic heterocycles. The van der Waals surface area contributed by atoms with Gasteiger partial charge in [-0.05, 0) is 30.6 Å². The monoisotopic (exact) mass is 175 g/mol. The molecule has 66 valence electrons. The van der Waals surface area contributed by atoms with Crippen molar-refractivity contribution >= 4 is 19.4 Å². The average Bonchev–Trinajstić information content (AvgIpc) is 2.19. The van der Waals surface area contributed by atoms with Gasteiger partial charge in [0.05, 0.1) is 15.0 Å². The Balaban J connectivity index is 2.64. The average molecular weight is 175 g/mol. The summed E-state index contributed by atoms with van der Waals surface area (Å²) in [6.45, 7) is 0. The summed E-state index contributed by atoms with van der Waals surface area (Å²) in [5.41, 5.74) is 0.719. The maximum absolute atomic E-state index is 10.9. The molecule has 0 aliphatic carbocycles. The van der Waals surface area contributed by atoms with Gasteiger partial charge in [-0.25, -0.2) is 0 Å². The van der Waals surface area contributed by atoms with Crippen LogP contribution in [0, 0.1) is 0 Å². The number of hydrogen-bond acceptors (Lipinski definition) is 2. The molecule has 0 heterocycles. The van der Waals surface area contributed by atoms with E-state index >= 15 is 0 Å². The summed E-state index contributed by atoms with van der Waals surface area (Å²) in [7, 11) is 6.73. The molecule has 1 N–H and O–H groups in total. The molecule has 3 nitrogen and oxygen atoms in total. The largest absolute Gasteiger partial charge is 0.497 e. The number of hydrogen-bond donors (Lipinski definition) is 1.